The fourth-order valence-electron chi connectivity index (χ4n) is 2.98. The van der Waals surface area contributed by atoms with E-state index in [9.17, 15) is 4.39 Å². The number of nitrogens with one attached hydrogen (secondary N) is 2. The molecule has 0 fully saturated rings. The van der Waals surface area contributed by atoms with E-state index >= 15 is 0 Å². The Morgan fingerprint density at radius 1 is 1.04 bits per heavy atom. The highest BCUT2D eigenvalue weighted by molar-refractivity contribution is 5.82. The second-order valence-electron chi connectivity index (χ2n) is 5.97. The molecule has 0 bridgehead atoms. The van der Waals surface area contributed by atoms with Gasteiger partial charge in [-0.05, 0) is 42.0 Å². The lowest BCUT2D eigenvalue weighted by Crippen LogP contribution is -2.15. The highest BCUT2D eigenvalue weighted by atomic mass is 19.1. The van der Waals surface area contributed by atoms with Crippen molar-refractivity contribution in [3.63, 3.8) is 0 Å². The van der Waals surface area contributed by atoms with Crippen molar-refractivity contribution in [3.05, 3.63) is 78.5 Å². The number of aromatic amines is 2. The van der Waals surface area contributed by atoms with Crippen molar-refractivity contribution in [1.29, 1.82) is 0 Å². The average Bonchev–Trinajstić information content (AvgIpc) is 3.32. The minimum absolute atomic E-state index is 0.287. The molecule has 130 valence electrons. The van der Waals surface area contributed by atoms with Gasteiger partial charge < -0.3 is 10.7 Å². The van der Waals surface area contributed by atoms with Crippen LogP contribution in [0.15, 0.2) is 61.3 Å². The Hall–Kier alpha value is -3.32. The number of pyridine rings is 1. The first-order chi connectivity index (χ1) is 12.7. The molecule has 0 amide bonds. The van der Waals surface area contributed by atoms with Crippen molar-refractivity contribution in [2.75, 3.05) is 0 Å². The van der Waals surface area contributed by atoms with Crippen molar-refractivity contribution in [1.82, 2.24) is 25.1 Å². The van der Waals surface area contributed by atoms with Crippen LogP contribution in [0.1, 0.15) is 17.4 Å². The molecular formula is C19H17FN6. The summed E-state index contributed by atoms with van der Waals surface area (Å²) in [5.41, 5.74) is 11.5. The molecule has 26 heavy (non-hydrogen) atoms. The average molecular weight is 348 g/mol. The summed E-state index contributed by atoms with van der Waals surface area (Å²) in [6, 6.07) is 9.75. The van der Waals surface area contributed by atoms with Crippen molar-refractivity contribution >= 4 is 0 Å². The summed E-state index contributed by atoms with van der Waals surface area (Å²) in [4.78, 5) is 11.2. The van der Waals surface area contributed by atoms with E-state index in [1.165, 1.54) is 12.1 Å². The number of halogens is 1. The topological polar surface area (TPSA) is 96.3 Å². The van der Waals surface area contributed by atoms with Gasteiger partial charge in [-0.1, -0.05) is 0 Å². The molecule has 7 heteroatoms. The van der Waals surface area contributed by atoms with Gasteiger partial charge in [0.05, 0.1) is 23.8 Å². The third-order valence-corrected chi connectivity index (χ3v) is 4.24. The standard InChI is InChI=1S/C19H17FN6/c20-14-3-1-13(2-4-14)18-17(12-5-7-22-8-6-12)19(26-25-18)16(21)9-15-10-23-11-24-15/h1-8,10-11,16H,9,21H2,(H,23,24)(H,25,26)/t16-/m1/s1. The van der Waals surface area contributed by atoms with Gasteiger partial charge in [0.15, 0.2) is 0 Å². The predicted octanol–water partition coefficient (Wildman–Crippen LogP) is 3.24. The van der Waals surface area contributed by atoms with E-state index in [0.717, 1.165) is 33.8 Å². The second kappa shape index (κ2) is 6.89. The van der Waals surface area contributed by atoms with Gasteiger partial charge in [0.1, 0.15) is 11.5 Å². The summed E-state index contributed by atoms with van der Waals surface area (Å²) in [6.07, 6.45) is 7.46. The molecule has 4 N–H and O–H groups in total. The van der Waals surface area contributed by atoms with E-state index in [-0.39, 0.29) is 11.9 Å². The maximum Gasteiger partial charge on any atom is 0.123 e. The number of aromatic nitrogens is 5. The summed E-state index contributed by atoms with van der Waals surface area (Å²) in [7, 11) is 0. The molecule has 1 aromatic carbocycles. The van der Waals surface area contributed by atoms with E-state index in [2.05, 4.69) is 25.1 Å². The number of benzene rings is 1. The highest BCUT2D eigenvalue weighted by Crippen LogP contribution is 2.35. The predicted molar refractivity (Wildman–Crippen MR) is 96.4 cm³/mol. The summed E-state index contributed by atoms with van der Waals surface area (Å²) < 4.78 is 13.3. The van der Waals surface area contributed by atoms with E-state index in [1.807, 2.05) is 18.3 Å². The number of hydrogen-bond acceptors (Lipinski definition) is 4. The van der Waals surface area contributed by atoms with Gasteiger partial charge in [-0.3, -0.25) is 10.1 Å². The van der Waals surface area contributed by atoms with Gasteiger partial charge in [-0.25, -0.2) is 9.37 Å². The van der Waals surface area contributed by atoms with E-state index in [4.69, 9.17) is 5.73 Å². The van der Waals surface area contributed by atoms with Gasteiger partial charge in [0.2, 0.25) is 0 Å². The van der Waals surface area contributed by atoms with Crippen molar-refractivity contribution in [2.45, 2.75) is 12.5 Å². The van der Waals surface area contributed by atoms with Crippen molar-refractivity contribution in [2.24, 2.45) is 5.73 Å². The number of nitrogens with two attached hydrogens (primary N) is 1. The summed E-state index contributed by atoms with van der Waals surface area (Å²) in [6.45, 7) is 0. The number of rotatable bonds is 5. The molecule has 0 aliphatic rings. The number of imidazole rings is 1. The zero-order chi connectivity index (χ0) is 17.9. The van der Waals surface area contributed by atoms with Gasteiger partial charge >= 0.3 is 0 Å². The molecule has 0 aliphatic heterocycles. The Kier molecular flexibility index (Phi) is 4.28. The minimum Gasteiger partial charge on any atom is -0.351 e. The van der Waals surface area contributed by atoms with Crippen LogP contribution in [0.25, 0.3) is 22.4 Å². The molecule has 0 radical (unpaired) electrons. The van der Waals surface area contributed by atoms with Crippen LogP contribution >= 0.6 is 0 Å². The molecule has 4 rings (SSSR count). The monoisotopic (exact) mass is 348 g/mol. The minimum atomic E-state index is -0.317. The molecule has 4 aromatic rings. The smallest absolute Gasteiger partial charge is 0.123 e. The molecular weight excluding hydrogens is 331 g/mol. The lowest BCUT2D eigenvalue weighted by atomic mass is 9.95. The Bertz CT molecular complexity index is 977. The molecule has 1 atom stereocenters. The fourth-order valence-corrected chi connectivity index (χ4v) is 2.98. The van der Waals surface area contributed by atoms with Crippen LogP contribution in [0.5, 0.6) is 0 Å². The van der Waals surface area contributed by atoms with E-state index in [0.29, 0.717) is 6.42 Å². The van der Waals surface area contributed by atoms with Crippen LogP contribution in [0.2, 0.25) is 0 Å². The molecule has 0 saturated carbocycles. The summed E-state index contributed by atoms with van der Waals surface area (Å²) >= 11 is 0. The van der Waals surface area contributed by atoms with Gasteiger partial charge in [-0.15, -0.1) is 0 Å². The number of nitrogens with zero attached hydrogens (tertiary/aromatic N) is 3. The Balaban J connectivity index is 1.80. The molecule has 0 unspecified atom stereocenters. The van der Waals surface area contributed by atoms with E-state index in [1.54, 1.807) is 30.9 Å². The molecule has 3 heterocycles. The molecule has 0 saturated heterocycles. The first-order valence-corrected chi connectivity index (χ1v) is 8.20. The maximum absolute atomic E-state index is 13.3. The van der Waals surface area contributed by atoms with Crippen LogP contribution in [0.4, 0.5) is 4.39 Å². The Morgan fingerprint density at radius 2 is 1.81 bits per heavy atom. The zero-order valence-corrected chi connectivity index (χ0v) is 13.9. The van der Waals surface area contributed by atoms with Crippen LogP contribution in [-0.2, 0) is 6.42 Å². The van der Waals surface area contributed by atoms with Gasteiger partial charge in [-0.2, -0.15) is 5.10 Å². The van der Waals surface area contributed by atoms with Crippen LogP contribution in [0.3, 0.4) is 0 Å². The SMILES string of the molecule is N[C@H](Cc1c[nH]cn1)c1[nH]nc(-c2ccc(F)cc2)c1-c1ccncc1. The number of hydrogen-bond donors (Lipinski definition) is 3. The maximum atomic E-state index is 13.3. The Labute approximate surface area is 149 Å². The van der Waals surface area contributed by atoms with Crippen LogP contribution in [-0.4, -0.2) is 25.1 Å². The first kappa shape index (κ1) is 16.2. The normalized spacial score (nSPS) is 12.2. The fraction of sp³-hybridized carbons (Fsp3) is 0.105. The summed E-state index contributed by atoms with van der Waals surface area (Å²) in [5.74, 6) is -0.287. The van der Waals surface area contributed by atoms with Gasteiger partial charge in [0, 0.05) is 36.1 Å². The Morgan fingerprint density at radius 3 is 2.50 bits per heavy atom. The molecule has 0 spiro atoms. The second-order valence-corrected chi connectivity index (χ2v) is 5.97. The van der Waals surface area contributed by atoms with Gasteiger partial charge in [0.25, 0.3) is 0 Å². The molecule has 6 nitrogen and oxygen atoms in total. The van der Waals surface area contributed by atoms with Crippen LogP contribution < -0.4 is 5.73 Å². The largest absolute Gasteiger partial charge is 0.351 e. The highest BCUT2D eigenvalue weighted by Gasteiger charge is 2.21. The summed E-state index contributed by atoms with van der Waals surface area (Å²) in [5, 5.41) is 7.54. The third-order valence-electron chi connectivity index (χ3n) is 4.24. The zero-order valence-electron chi connectivity index (χ0n) is 13.9. The number of H-pyrrole nitrogens is 2. The van der Waals surface area contributed by atoms with Crippen LogP contribution in [0, 0.1) is 5.82 Å². The molecule has 3 aromatic heterocycles. The quantitative estimate of drug-likeness (QED) is 0.516. The van der Waals surface area contributed by atoms with Crippen molar-refractivity contribution < 1.29 is 4.39 Å². The van der Waals surface area contributed by atoms with E-state index < -0.39 is 0 Å². The third kappa shape index (κ3) is 3.12. The lowest BCUT2D eigenvalue weighted by Gasteiger charge is -2.12. The first-order valence-electron chi connectivity index (χ1n) is 8.20. The lowest BCUT2D eigenvalue weighted by molar-refractivity contribution is 0.628. The molecule has 0 aliphatic carbocycles. The van der Waals surface area contributed by atoms with Crippen molar-refractivity contribution in [3.8, 4) is 22.4 Å².